The zero-order valence-electron chi connectivity index (χ0n) is 8.70. The molecule has 0 saturated carbocycles. The van der Waals surface area contributed by atoms with Gasteiger partial charge >= 0.3 is 12.1 Å². The van der Waals surface area contributed by atoms with Crippen LogP contribution in [-0.4, -0.2) is 40.0 Å². The van der Waals surface area contributed by atoms with Crippen molar-refractivity contribution in [3.63, 3.8) is 0 Å². The second kappa shape index (κ2) is 5.17. The average molecular weight is 268 g/mol. The summed E-state index contributed by atoms with van der Waals surface area (Å²) in [6, 6.07) is 0.609. The van der Waals surface area contributed by atoms with Crippen LogP contribution in [0.25, 0.3) is 0 Å². The Balaban J connectivity index is 2.82. The van der Waals surface area contributed by atoms with Crippen molar-refractivity contribution in [1.29, 1.82) is 0 Å². The summed E-state index contributed by atoms with van der Waals surface area (Å²) in [6.45, 7) is -0.984. The molecule has 0 saturated heterocycles. The van der Waals surface area contributed by atoms with Crippen LogP contribution in [0.5, 0.6) is 0 Å². The number of anilines is 1. The fourth-order valence-electron chi connectivity index (χ4n) is 1.05. The number of carbonyl (C=O) groups is 1. The normalized spacial score (nSPS) is 13.2. The Morgan fingerprint density at radius 3 is 2.61 bits per heavy atom. The third-order valence-corrected chi connectivity index (χ3v) is 1.93. The Kier molecular flexibility index (Phi) is 4.07. The van der Waals surface area contributed by atoms with Gasteiger partial charge in [-0.15, -0.1) is 0 Å². The van der Waals surface area contributed by atoms with E-state index in [1.54, 1.807) is 0 Å². The topological polar surface area (TPSA) is 82.5 Å². The number of aromatic nitrogens is 1. The van der Waals surface area contributed by atoms with Crippen molar-refractivity contribution in [3.8, 4) is 0 Å². The predicted molar refractivity (Wildman–Crippen MR) is 51.7 cm³/mol. The lowest BCUT2D eigenvalue weighted by Crippen LogP contribution is -2.35. The van der Waals surface area contributed by atoms with Crippen LogP contribution in [-0.2, 0) is 0 Å². The summed E-state index contributed by atoms with van der Waals surface area (Å²) in [5.41, 5.74) is -0.621. The number of pyridine rings is 1. The van der Waals surface area contributed by atoms with Gasteiger partial charge < -0.3 is 15.5 Å². The molecule has 0 amide bonds. The number of hydrogen-bond donors (Lipinski definition) is 3. The zero-order chi connectivity index (χ0) is 13.9. The van der Waals surface area contributed by atoms with E-state index in [-0.39, 0.29) is 0 Å². The molecule has 100 valence electrons. The third-order valence-electron chi connectivity index (χ3n) is 1.93. The van der Waals surface area contributed by atoms with E-state index < -0.39 is 42.0 Å². The van der Waals surface area contributed by atoms with Gasteiger partial charge in [0.1, 0.15) is 17.2 Å². The van der Waals surface area contributed by atoms with Gasteiger partial charge in [-0.3, -0.25) is 0 Å². The number of halogens is 4. The van der Waals surface area contributed by atoms with Crippen LogP contribution in [0, 0.1) is 5.82 Å². The lowest BCUT2D eigenvalue weighted by Gasteiger charge is -2.16. The maximum Gasteiger partial charge on any atom is 0.416 e. The van der Waals surface area contributed by atoms with Crippen molar-refractivity contribution in [2.45, 2.75) is 12.3 Å². The van der Waals surface area contributed by atoms with E-state index >= 15 is 0 Å². The largest absolute Gasteiger partial charge is 0.478 e. The number of nitrogens with zero attached hydrogens (tertiary/aromatic N) is 1. The number of aliphatic hydroxyl groups is 1. The number of nitrogens with one attached hydrogen (secondary N) is 1. The molecule has 1 unspecified atom stereocenters. The molecule has 5 nitrogen and oxygen atoms in total. The van der Waals surface area contributed by atoms with Crippen molar-refractivity contribution in [2.75, 3.05) is 11.9 Å². The van der Waals surface area contributed by atoms with Gasteiger partial charge in [-0.1, -0.05) is 0 Å². The highest BCUT2D eigenvalue weighted by molar-refractivity contribution is 5.93. The smallest absolute Gasteiger partial charge is 0.416 e. The number of carboxylic acids is 1. The van der Waals surface area contributed by atoms with Crippen LogP contribution in [0.4, 0.5) is 23.4 Å². The van der Waals surface area contributed by atoms with Crippen LogP contribution in [0.3, 0.4) is 0 Å². The molecule has 0 fully saturated rings. The molecular formula is C9H8F4N2O3. The number of hydrogen-bond acceptors (Lipinski definition) is 4. The van der Waals surface area contributed by atoms with E-state index in [9.17, 15) is 22.4 Å². The Hall–Kier alpha value is -1.90. The van der Waals surface area contributed by atoms with Gasteiger partial charge in [-0.2, -0.15) is 13.2 Å². The molecule has 1 aromatic rings. The van der Waals surface area contributed by atoms with Crippen molar-refractivity contribution in [2.24, 2.45) is 0 Å². The molecule has 0 aliphatic carbocycles. The highest BCUT2D eigenvalue weighted by Crippen LogP contribution is 2.21. The van der Waals surface area contributed by atoms with Crippen LogP contribution < -0.4 is 5.32 Å². The molecule has 0 aliphatic rings. The molecule has 0 aliphatic heterocycles. The van der Waals surface area contributed by atoms with Crippen molar-refractivity contribution < 1.29 is 32.6 Å². The molecule has 9 heteroatoms. The number of aromatic carboxylic acids is 1. The lowest BCUT2D eigenvalue weighted by atomic mass is 10.2. The van der Waals surface area contributed by atoms with Gasteiger partial charge in [0.2, 0.25) is 0 Å². The van der Waals surface area contributed by atoms with Crippen LogP contribution in [0.15, 0.2) is 12.3 Å². The van der Waals surface area contributed by atoms with E-state index in [0.717, 1.165) is 0 Å². The molecular weight excluding hydrogens is 260 g/mol. The van der Waals surface area contributed by atoms with Crippen molar-refractivity contribution in [3.05, 3.63) is 23.6 Å². The number of rotatable bonds is 4. The SMILES string of the molecule is O=C(O)c1cc(F)cnc1NCC(O)C(F)(F)F. The Labute approximate surface area is 98.1 Å². The van der Waals surface area contributed by atoms with Gasteiger partial charge in [0.15, 0.2) is 6.10 Å². The van der Waals surface area contributed by atoms with E-state index in [1.807, 2.05) is 5.32 Å². The molecule has 1 rings (SSSR count). The van der Waals surface area contributed by atoms with Gasteiger partial charge in [0.25, 0.3) is 0 Å². The Bertz CT molecular complexity index is 450. The first kappa shape index (κ1) is 14.2. The maximum atomic E-state index is 12.7. The van der Waals surface area contributed by atoms with Crippen LogP contribution in [0.2, 0.25) is 0 Å². The standard InChI is InChI=1S/C9H8F4N2O3/c10-4-1-5(8(17)18)7(14-2-4)15-3-6(16)9(11,12)13/h1-2,6,16H,3H2,(H,14,15)(H,17,18). The summed E-state index contributed by atoms with van der Waals surface area (Å²) >= 11 is 0. The highest BCUT2D eigenvalue weighted by atomic mass is 19.4. The van der Waals surface area contributed by atoms with Crippen LogP contribution >= 0.6 is 0 Å². The van der Waals surface area contributed by atoms with Gasteiger partial charge in [0.05, 0.1) is 12.7 Å². The predicted octanol–water partition coefficient (Wildman–Crippen LogP) is 1.25. The highest BCUT2D eigenvalue weighted by Gasteiger charge is 2.38. The summed E-state index contributed by atoms with van der Waals surface area (Å²) < 4.78 is 48.7. The van der Waals surface area contributed by atoms with Crippen LogP contribution in [0.1, 0.15) is 10.4 Å². The first-order chi connectivity index (χ1) is 8.21. The molecule has 0 radical (unpaired) electrons. The zero-order valence-corrected chi connectivity index (χ0v) is 8.70. The first-order valence-electron chi connectivity index (χ1n) is 4.59. The lowest BCUT2D eigenvalue weighted by molar-refractivity contribution is -0.198. The second-order valence-corrected chi connectivity index (χ2v) is 3.29. The van der Waals surface area contributed by atoms with E-state index in [4.69, 9.17) is 10.2 Å². The summed E-state index contributed by atoms with van der Waals surface area (Å²) in [6.07, 6.45) is -6.86. The van der Waals surface area contributed by atoms with Gasteiger partial charge in [0, 0.05) is 0 Å². The quantitative estimate of drug-likeness (QED) is 0.716. The fourth-order valence-corrected chi connectivity index (χ4v) is 1.05. The number of aliphatic hydroxyl groups excluding tert-OH is 1. The van der Waals surface area contributed by atoms with Gasteiger partial charge in [-0.25, -0.2) is 14.2 Å². The summed E-state index contributed by atoms with van der Waals surface area (Å²) in [7, 11) is 0. The minimum atomic E-state index is -4.84. The van der Waals surface area contributed by atoms with Gasteiger partial charge in [-0.05, 0) is 6.07 Å². The third kappa shape index (κ3) is 3.55. The monoisotopic (exact) mass is 268 g/mol. The molecule has 0 bridgehead atoms. The molecule has 3 N–H and O–H groups in total. The summed E-state index contributed by atoms with van der Waals surface area (Å²) in [4.78, 5) is 14.0. The number of carboxylic acid groups (broad SMARTS) is 1. The van der Waals surface area contributed by atoms with E-state index in [0.29, 0.717) is 12.3 Å². The molecule has 18 heavy (non-hydrogen) atoms. The van der Waals surface area contributed by atoms with E-state index in [2.05, 4.69) is 4.98 Å². The Morgan fingerprint density at radius 1 is 1.50 bits per heavy atom. The first-order valence-corrected chi connectivity index (χ1v) is 4.59. The van der Waals surface area contributed by atoms with Crippen molar-refractivity contribution in [1.82, 2.24) is 4.98 Å². The summed E-state index contributed by atoms with van der Waals surface area (Å²) in [5, 5.41) is 19.4. The number of alkyl halides is 3. The molecule has 1 heterocycles. The fraction of sp³-hybridized carbons (Fsp3) is 0.333. The second-order valence-electron chi connectivity index (χ2n) is 3.29. The molecule has 0 aromatic carbocycles. The Morgan fingerprint density at radius 2 is 2.11 bits per heavy atom. The minimum Gasteiger partial charge on any atom is -0.478 e. The molecule has 1 aromatic heterocycles. The minimum absolute atomic E-state index is 0.452. The average Bonchev–Trinajstić information content (AvgIpc) is 2.25. The van der Waals surface area contributed by atoms with E-state index in [1.165, 1.54) is 0 Å². The van der Waals surface area contributed by atoms with Crippen molar-refractivity contribution >= 4 is 11.8 Å². The summed E-state index contributed by atoms with van der Waals surface area (Å²) in [5.74, 6) is -2.94. The molecule has 0 spiro atoms. The maximum absolute atomic E-state index is 12.7. The molecule has 1 atom stereocenters.